The third kappa shape index (κ3) is 3.51. The lowest BCUT2D eigenvalue weighted by Gasteiger charge is -2.07. The largest absolute Gasteiger partial charge is 0.497 e. The molecule has 2 aromatic carbocycles. The minimum Gasteiger partial charge on any atom is -0.497 e. The molecule has 6 heteroatoms. The Morgan fingerprint density at radius 2 is 2.00 bits per heavy atom. The van der Waals surface area contributed by atoms with E-state index >= 15 is 0 Å². The maximum atomic E-state index is 12.1. The molecule has 23 heavy (non-hydrogen) atoms. The third-order valence-corrected chi connectivity index (χ3v) is 3.73. The van der Waals surface area contributed by atoms with E-state index in [-0.39, 0.29) is 13.4 Å². The summed E-state index contributed by atoms with van der Waals surface area (Å²) in [4.78, 5) is 12.1. The van der Waals surface area contributed by atoms with Crippen LogP contribution in [-0.2, 0) is 11.2 Å². The number of halogens is 1. The average molecular weight is 335 g/mol. The van der Waals surface area contributed by atoms with E-state index in [4.69, 9.17) is 30.5 Å². The average Bonchev–Trinajstić information content (AvgIpc) is 3.04. The number of fused-ring (bicyclic) bond motifs is 1. The van der Waals surface area contributed by atoms with Crippen LogP contribution in [-0.4, -0.2) is 26.5 Å². The highest BCUT2D eigenvalue weighted by molar-refractivity contribution is 6.32. The molecule has 0 amide bonds. The summed E-state index contributed by atoms with van der Waals surface area (Å²) in [6.07, 6.45) is 0.619. The van der Waals surface area contributed by atoms with Crippen molar-refractivity contribution in [2.75, 3.05) is 20.5 Å². The van der Waals surface area contributed by atoms with Crippen LogP contribution in [0.1, 0.15) is 15.9 Å². The number of hydrogen-bond donors (Lipinski definition) is 0. The van der Waals surface area contributed by atoms with E-state index in [9.17, 15) is 4.79 Å². The Morgan fingerprint density at radius 1 is 1.22 bits per heavy atom. The summed E-state index contributed by atoms with van der Waals surface area (Å²) in [5.41, 5.74) is 1.40. The first-order chi connectivity index (χ1) is 11.2. The lowest BCUT2D eigenvalue weighted by atomic mass is 10.1. The standard InChI is InChI=1S/C17H15ClO5/c1-20-13-4-2-11(3-5-13)6-7-21-17(19)12-8-14(18)16-15(9-12)22-10-23-16/h2-5,8-9H,6-7,10H2,1H3. The second kappa shape index (κ2) is 6.79. The van der Waals surface area contributed by atoms with Crippen LogP contribution in [0.5, 0.6) is 17.2 Å². The van der Waals surface area contributed by atoms with Gasteiger partial charge in [0.15, 0.2) is 11.5 Å². The quantitative estimate of drug-likeness (QED) is 0.784. The zero-order valence-electron chi connectivity index (χ0n) is 12.5. The summed E-state index contributed by atoms with van der Waals surface area (Å²) >= 11 is 6.05. The first-order valence-corrected chi connectivity index (χ1v) is 7.44. The lowest BCUT2D eigenvalue weighted by molar-refractivity contribution is 0.0509. The number of carbonyl (C=O) groups is 1. The molecule has 0 radical (unpaired) electrons. The molecule has 0 unspecified atom stereocenters. The van der Waals surface area contributed by atoms with Crippen LogP contribution in [0.2, 0.25) is 5.02 Å². The molecule has 0 aromatic heterocycles. The van der Waals surface area contributed by atoms with Crippen molar-refractivity contribution in [3.8, 4) is 17.2 Å². The van der Waals surface area contributed by atoms with Gasteiger partial charge in [-0.2, -0.15) is 0 Å². The molecule has 120 valence electrons. The highest BCUT2D eigenvalue weighted by Crippen LogP contribution is 2.39. The van der Waals surface area contributed by atoms with Gasteiger partial charge in [-0.05, 0) is 29.8 Å². The number of hydrogen-bond acceptors (Lipinski definition) is 5. The normalized spacial score (nSPS) is 12.1. The Balaban J connectivity index is 1.58. The number of carbonyl (C=O) groups excluding carboxylic acids is 1. The molecule has 0 bridgehead atoms. The predicted octanol–water partition coefficient (Wildman–Crippen LogP) is 3.48. The van der Waals surface area contributed by atoms with Gasteiger partial charge in [0.1, 0.15) is 5.75 Å². The second-order valence-electron chi connectivity index (χ2n) is 4.93. The smallest absolute Gasteiger partial charge is 0.338 e. The van der Waals surface area contributed by atoms with Crippen LogP contribution in [0.15, 0.2) is 36.4 Å². The van der Waals surface area contributed by atoms with Crippen LogP contribution in [0.4, 0.5) is 0 Å². The van der Waals surface area contributed by atoms with E-state index in [0.717, 1.165) is 11.3 Å². The summed E-state index contributed by atoms with van der Waals surface area (Å²) in [5, 5.41) is 0.335. The van der Waals surface area contributed by atoms with Gasteiger partial charge < -0.3 is 18.9 Å². The molecule has 0 aliphatic carbocycles. The SMILES string of the molecule is COc1ccc(CCOC(=O)c2cc(Cl)c3c(c2)OCO3)cc1. The van der Waals surface area contributed by atoms with Crippen molar-refractivity contribution in [1.29, 1.82) is 0 Å². The number of benzene rings is 2. The first-order valence-electron chi connectivity index (χ1n) is 7.06. The van der Waals surface area contributed by atoms with Gasteiger partial charge in [-0.25, -0.2) is 4.79 Å². The minimum atomic E-state index is -0.446. The van der Waals surface area contributed by atoms with Gasteiger partial charge in [0, 0.05) is 6.42 Å². The molecule has 1 aliphatic rings. The van der Waals surface area contributed by atoms with Gasteiger partial charge in [0.25, 0.3) is 0 Å². The fraction of sp³-hybridized carbons (Fsp3) is 0.235. The fourth-order valence-corrected chi connectivity index (χ4v) is 2.49. The van der Waals surface area contributed by atoms with Gasteiger partial charge in [-0.15, -0.1) is 0 Å². The molecule has 0 spiro atoms. The molecule has 0 N–H and O–H groups in total. The monoisotopic (exact) mass is 334 g/mol. The van der Waals surface area contributed by atoms with Gasteiger partial charge >= 0.3 is 5.97 Å². The van der Waals surface area contributed by atoms with E-state index < -0.39 is 5.97 Å². The molecule has 5 nitrogen and oxygen atoms in total. The van der Waals surface area contributed by atoms with Crippen LogP contribution in [0.25, 0.3) is 0 Å². The van der Waals surface area contributed by atoms with E-state index in [0.29, 0.717) is 28.5 Å². The first kappa shape index (κ1) is 15.5. The minimum absolute atomic E-state index is 0.102. The molecule has 3 rings (SSSR count). The number of rotatable bonds is 5. The van der Waals surface area contributed by atoms with Crippen molar-refractivity contribution in [3.05, 3.63) is 52.5 Å². The Labute approximate surface area is 138 Å². The molecule has 0 atom stereocenters. The van der Waals surface area contributed by atoms with E-state index in [1.807, 2.05) is 24.3 Å². The zero-order chi connectivity index (χ0) is 16.2. The maximum Gasteiger partial charge on any atom is 0.338 e. The van der Waals surface area contributed by atoms with Gasteiger partial charge in [0.05, 0.1) is 24.3 Å². The van der Waals surface area contributed by atoms with E-state index in [2.05, 4.69) is 0 Å². The van der Waals surface area contributed by atoms with Gasteiger partial charge in [-0.3, -0.25) is 0 Å². The second-order valence-corrected chi connectivity index (χ2v) is 5.33. The zero-order valence-corrected chi connectivity index (χ0v) is 13.3. The Hall–Kier alpha value is -2.40. The van der Waals surface area contributed by atoms with Crippen molar-refractivity contribution >= 4 is 17.6 Å². The van der Waals surface area contributed by atoms with Crippen LogP contribution < -0.4 is 14.2 Å². The molecular formula is C17H15ClO5. The topological polar surface area (TPSA) is 54.0 Å². The number of esters is 1. The predicted molar refractivity (Wildman–Crippen MR) is 84.6 cm³/mol. The van der Waals surface area contributed by atoms with E-state index in [1.165, 1.54) is 6.07 Å². The molecule has 0 saturated carbocycles. The Morgan fingerprint density at radius 3 is 2.74 bits per heavy atom. The molecule has 1 aliphatic heterocycles. The molecular weight excluding hydrogens is 320 g/mol. The summed E-state index contributed by atoms with van der Waals surface area (Å²) in [7, 11) is 1.62. The lowest BCUT2D eigenvalue weighted by Crippen LogP contribution is -2.08. The third-order valence-electron chi connectivity index (χ3n) is 3.45. The van der Waals surface area contributed by atoms with Crippen molar-refractivity contribution in [1.82, 2.24) is 0 Å². The van der Waals surface area contributed by atoms with Crippen molar-refractivity contribution < 1.29 is 23.7 Å². The van der Waals surface area contributed by atoms with Gasteiger partial charge in [-0.1, -0.05) is 23.7 Å². The highest BCUT2D eigenvalue weighted by Gasteiger charge is 2.21. The maximum absolute atomic E-state index is 12.1. The van der Waals surface area contributed by atoms with Crippen molar-refractivity contribution in [2.45, 2.75) is 6.42 Å². The summed E-state index contributed by atoms with van der Waals surface area (Å²) in [6.45, 7) is 0.377. The molecule has 1 heterocycles. The highest BCUT2D eigenvalue weighted by atomic mass is 35.5. The van der Waals surface area contributed by atoms with Crippen LogP contribution >= 0.6 is 11.6 Å². The number of methoxy groups -OCH3 is 1. The molecule has 0 saturated heterocycles. The van der Waals surface area contributed by atoms with E-state index in [1.54, 1.807) is 13.2 Å². The fourth-order valence-electron chi connectivity index (χ4n) is 2.22. The summed E-state index contributed by atoms with van der Waals surface area (Å²) in [5.74, 6) is 1.26. The summed E-state index contributed by atoms with van der Waals surface area (Å²) < 4.78 is 20.8. The summed E-state index contributed by atoms with van der Waals surface area (Å²) in [6, 6.07) is 10.7. The van der Waals surface area contributed by atoms with Crippen molar-refractivity contribution in [2.24, 2.45) is 0 Å². The number of ether oxygens (including phenoxy) is 4. The van der Waals surface area contributed by atoms with Gasteiger partial charge in [0.2, 0.25) is 6.79 Å². The molecule has 0 fully saturated rings. The van der Waals surface area contributed by atoms with Crippen LogP contribution in [0, 0.1) is 0 Å². The Bertz CT molecular complexity index is 712. The Kier molecular flexibility index (Phi) is 4.57. The molecule has 2 aromatic rings. The van der Waals surface area contributed by atoms with Crippen LogP contribution in [0.3, 0.4) is 0 Å². The van der Waals surface area contributed by atoms with Crippen molar-refractivity contribution in [3.63, 3.8) is 0 Å².